The summed E-state index contributed by atoms with van der Waals surface area (Å²) >= 11 is 5.85. The number of aliphatic hydroxyl groups is 1. The molecular formula is C15H23ClN2O2. The second kappa shape index (κ2) is 8.25. The molecule has 112 valence electrons. The molecular weight excluding hydrogens is 276 g/mol. The molecule has 1 rings (SSSR count). The van der Waals surface area contributed by atoms with Crippen LogP contribution in [0.2, 0.25) is 5.02 Å². The van der Waals surface area contributed by atoms with Crippen LogP contribution < -0.4 is 10.6 Å². The van der Waals surface area contributed by atoms with Crippen molar-refractivity contribution in [2.75, 3.05) is 25.0 Å². The summed E-state index contributed by atoms with van der Waals surface area (Å²) < 4.78 is 0. The molecule has 0 saturated heterocycles. The summed E-state index contributed by atoms with van der Waals surface area (Å²) in [4.78, 5) is 11.8. The molecule has 4 nitrogen and oxygen atoms in total. The molecule has 0 heterocycles. The van der Waals surface area contributed by atoms with E-state index >= 15 is 0 Å². The van der Waals surface area contributed by atoms with Crippen LogP contribution in [0.3, 0.4) is 0 Å². The third-order valence-electron chi connectivity index (χ3n) is 3.01. The predicted octanol–water partition coefficient (Wildman–Crippen LogP) is 2.67. The SMILES string of the molecule is CC(C)(CCCO)CNCC(=O)Nc1cccc(Cl)c1. The van der Waals surface area contributed by atoms with Crippen molar-refractivity contribution in [3.8, 4) is 0 Å². The van der Waals surface area contributed by atoms with Crippen LogP contribution in [0, 0.1) is 5.41 Å². The quantitative estimate of drug-likeness (QED) is 0.691. The number of hydrogen-bond acceptors (Lipinski definition) is 3. The molecule has 1 aromatic rings. The second-order valence-corrected chi connectivity index (χ2v) is 6.09. The fraction of sp³-hybridized carbons (Fsp3) is 0.533. The van der Waals surface area contributed by atoms with Crippen molar-refractivity contribution in [3.63, 3.8) is 0 Å². The number of halogens is 1. The molecule has 0 aliphatic carbocycles. The molecule has 0 saturated carbocycles. The van der Waals surface area contributed by atoms with E-state index in [1.54, 1.807) is 24.3 Å². The third-order valence-corrected chi connectivity index (χ3v) is 3.24. The van der Waals surface area contributed by atoms with Gasteiger partial charge in [0.25, 0.3) is 0 Å². The van der Waals surface area contributed by atoms with Gasteiger partial charge in [0.1, 0.15) is 0 Å². The van der Waals surface area contributed by atoms with Crippen molar-refractivity contribution in [2.45, 2.75) is 26.7 Å². The molecule has 3 N–H and O–H groups in total. The van der Waals surface area contributed by atoms with Gasteiger partial charge in [-0.05, 0) is 36.5 Å². The van der Waals surface area contributed by atoms with E-state index in [-0.39, 0.29) is 24.5 Å². The number of amides is 1. The first-order chi connectivity index (χ1) is 9.43. The van der Waals surface area contributed by atoms with Gasteiger partial charge in [0.2, 0.25) is 5.91 Å². The van der Waals surface area contributed by atoms with Crippen molar-refractivity contribution >= 4 is 23.2 Å². The van der Waals surface area contributed by atoms with E-state index in [1.165, 1.54) is 0 Å². The third kappa shape index (κ3) is 6.89. The standard InChI is InChI=1S/C15H23ClN2O2/c1-15(2,7-4-8-19)11-17-10-14(20)18-13-6-3-5-12(16)9-13/h3,5-6,9,17,19H,4,7-8,10-11H2,1-2H3,(H,18,20). The first kappa shape index (κ1) is 17.0. The summed E-state index contributed by atoms with van der Waals surface area (Å²) in [6, 6.07) is 7.07. The Hall–Kier alpha value is -1.10. The number of anilines is 1. The molecule has 0 aromatic heterocycles. The molecule has 0 radical (unpaired) electrons. The Balaban J connectivity index is 2.30. The first-order valence-electron chi connectivity index (χ1n) is 6.80. The minimum absolute atomic E-state index is 0.0685. The minimum Gasteiger partial charge on any atom is -0.396 e. The Kier molecular flexibility index (Phi) is 6.99. The van der Waals surface area contributed by atoms with Crippen molar-refractivity contribution in [2.24, 2.45) is 5.41 Å². The van der Waals surface area contributed by atoms with E-state index in [9.17, 15) is 4.79 Å². The topological polar surface area (TPSA) is 61.4 Å². The Bertz CT molecular complexity index is 436. The number of aliphatic hydroxyl groups excluding tert-OH is 1. The van der Waals surface area contributed by atoms with Gasteiger partial charge in [-0.15, -0.1) is 0 Å². The summed E-state index contributed by atoms with van der Waals surface area (Å²) in [6.45, 7) is 5.43. The maximum Gasteiger partial charge on any atom is 0.238 e. The lowest BCUT2D eigenvalue weighted by Gasteiger charge is -2.24. The summed E-state index contributed by atoms with van der Waals surface area (Å²) in [5.74, 6) is -0.0924. The predicted molar refractivity (Wildman–Crippen MR) is 83.1 cm³/mol. The molecule has 0 aliphatic heterocycles. The van der Waals surface area contributed by atoms with E-state index in [2.05, 4.69) is 24.5 Å². The van der Waals surface area contributed by atoms with Gasteiger partial charge in [-0.3, -0.25) is 4.79 Å². The molecule has 20 heavy (non-hydrogen) atoms. The van der Waals surface area contributed by atoms with E-state index < -0.39 is 0 Å². The van der Waals surface area contributed by atoms with Crippen LogP contribution in [-0.4, -0.2) is 30.7 Å². The number of rotatable bonds is 8. The maximum absolute atomic E-state index is 11.8. The number of carbonyl (C=O) groups excluding carboxylic acids is 1. The largest absolute Gasteiger partial charge is 0.396 e. The zero-order chi connectivity index (χ0) is 15.0. The van der Waals surface area contributed by atoms with Crippen LogP contribution >= 0.6 is 11.6 Å². The molecule has 0 unspecified atom stereocenters. The van der Waals surface area contributed by atoms with Gasteiger partial charge in [-0.2, -0.15) is 0 Å². The van der Waals surface area contributed by atoms with Gasteiger partial charge in [0.15, 0.2) is 0 Å². The minimum atomic E-state index is -0.0924. The molecule has 0 spiro atoms. The highest BCUT2D eigenvalue weighted by Gasteiger charge is 2.17. The van der Waals surface area contributed by atoms with Crippen LogP contribution in [0.1, 0.15) is 26.7 Å². The lowest BCUT2D eigenvalue weighted by atomic mass is 9.88. The first-order valence-corrected chi connectivity index (χ1v) is 7.18. The van der Waals surface area contributed by atoms with E-state index in [1.807, 2.05) is 0 Å². The molecule has 1 aromatic carbocycles. The molecule has 0 atom stereocenters. The van der Waals surface area contributed by atoms with Crippen LogP contribution in [0.5, 0.6) is 0 Å². The average Bonchev–Trinajstić information content (AvgIpc) is 2.36. The average molecular weight is 299 g/mol. The van der Waals surface area contributed by atoms with E-state index in [4.69, 9.17) is 16.7 Å². The number of carbonyl (C=O) groups is 1. The Labute approximate surface area is 125 Å². The zero-order valence-corrected chi connectivity index (χ0v) is 12.8. The Morgan fingerprint density at radius 2 is 2.15 bits per heavy atom. The van der Waals surface area contributed by atoms with Gasteiger partial charge >= 0.3 is 0 Å². The van der Waals surface area contributed by atoms with Crippen molar-refractivity contribution < 1.29 is 9.90 Å². The maximum atomic E-state index is 11.8. The fourth-order valence-corrected chi connectivity index (χ4v) is 2.12. The number of hydrogen-bond donors (Lipinski definition) is 3. The Morgan fingerprint density at radius 3 is 2.80 bits per heavy atom. The van der Waals surface area contributed by atoms with Crippen LogP contribution in [0.15, 0.2) is 24.3 Å². The highest BCUT2D eigenvalue weighted by Crippen LogP contribution is 2.20. The smallest absolute Gasteiger partial charge is 0.238 e. The van der Waals surface area contributed by atoms with Crippen molar-refractivity contribution in [1.29, 1.82) is 0 Å². The van der Waals surface area contributed by atoms with Gasteiger partial charge in [0.05, 0.1) is 6.54 Å². The Morgan fingerprint density at radius 1 is 1.40 bits per heavy atom. The highest BCUT2D eigenvalue weighted by atomic mass is 35.5. The number of nitrogens with one attached hydrogen (secondary N) is 2. The van der Waals surface area contributed by atoms with Crippen molar-refractivity contribution in [1.82, 2.24) is 5.32 Å². The summed E-state index contributed by atoms with van der Waals surface area (Å²) in [5, 5.41) is 15.4. The normalized spacial score (nSPS) is 11.4. The van der Waals surface area contributed by atoms with Crippen LogP contribution in [-0.2, 0) is 4.79 Å². The molecule has 0 fully saturated rings. The molecule has 0 aliphatic rings. The van der Waals surface area contributed by atoms with Gasteiger partial charge in [-0.1, -0.05) is 31.5 Å². The molecule has 5 heteroatoms. The number of benzene rings is 1. The lowest BCUT2D eigenvalue weighted by Crippen LogP contribution is -2.35. The zero-order valence-electron chi connectivity index (χ0n) is 12.1. The monoisotopic (exact) mass is 298 g/mol. The van der Waals surface area contributed by atoms with Gasteiger partial charge in [-0.25, -0.2) is 0 Å². The highest BCUT2D eigenvalue weighted by molar-refractivity contribution is 6.30. The summed E-state index contributed by atoms with van der Waals surface area (Å²) in [5.41, 5.74) is 0.767. The second-order valence-electron chi connectivity index (χ2n) is 5.65. The van der Waals surface area contributed by atoms with Crippen molar-refractivity contribution in [3.05, 3.63) is 29.3 Å². The molecule has 0 bridgehead atoms. The van der Waals surface area contributed by atoms with Gasteiger partial charge in [0, 0.05) is 23.9 Å². The van der Waals surface area contributed by atoms with E-state index in [0.717, 1.165) is 19.4 Å². The summed E-state index contributed by atoms with van der Waals surface area (Å²) in [7, 11) is 0. The lowest BCUT2D eigenvalue weighted by molar-refractivity contribution is -0.115. The van der Waals surface area contributed by atoms with Crippen LogP contribution in [0.25, 0.3) is 0 Å². The summed E-state index contributed by atoms with van der Waals surface area (Å²) in [6.07, 6.45) is 1.70. The van der Waals surface area contributed by atoms with Gasteiger partial charge < -0.3 is 15.7 Å². The molecule has 1 amide bonds. The fourth-order valence-electron chi connectivity index (χ4n) is 1.93. The van der Waals surface area contributed by atoms with Crippen LogP contribution in [0.4, 0.5) is 5.69 Å². The van der Waals surface area contributed by atoms with E-state index in [0.29, 0.717) is 10.7 Å².